The van der Waals surface area contributed by atoms with Gasteiger partial charge in [-0.2, -0.15) is 0 Å². The lowest BCUT2D eigenvalue weighted by Gasteiger charge is -2.10. The molecule has 0 bridgehead atoms. The average Bonchev–Trinajstić information content (AvgIpc) is 2.42. The second-order valence-electron chi connectivity index (χ2n) is 3.66. The van der Waals surface area contributed by atoms with E-state index in [2.05, 4.69) is 4.98 Å². The summed E-state index contributed by atoms with van der Waals surface area (Å²) >= 11 is 17.9. The number of nitrogens with zero attached hydrogens (tertiary/aromatic N) is 1. The molecule has 100 valence electrons. The molecule has 0 amide bonds. The van der Waals surface area contributed by atoms with Crippen LogP contribution in [0.25, 0.3) is 11.3 Å². The largest absolute Gasteiger partial charge is 0.493 e. The van der Waals surface area contributed by atoms with Crippen LogP contribution in [0.4, 0.5) is 0 Å². The maximum atomic E-state index is 6.13. The first-order valence-corrected chi connectivity index (χ1v) is 6.44. The van der Waals surface area contributed by atoms with E-state index < -0.39 is 0 Å². The lowest BCUT2D eigenvalue weighted by Crippen LogP contribution is -1.92. The van der Waals surface area contributed by atoms with Crippen molar-refractivity contribution in [2.24, 2.45) is 0 Å². The van der Waals surface area contributed by atoms with Crippen LogP contribution in [0.5, 0.6) is 11.5 Å². The van der Waals surface area contributed by atoms with Gasteiger partial charge >= 0.3 is 0 Å². The lowest BCUT2D eigenvalue weighted by molar-refractivity contribution is 0.355. The van der Waals surface area contributed by atoms with E-state index in [0.29, 0.717) is 27.2 Å². The molecule has 3 nitrogen and oxygen atoms in total. The van der Waals surface area contributed by atoms with Gasteiger partial charge in [0, 0.05) is 5.56 Å². The van der Waals surface area contributed by atoms with Crippen LogP contribution in [-0.4, -0.2) is 19.2 Å². The molecule has 1 heterocycles. The minimum absolute atomic E-state index is 0.204. The summed E-state index contributed by atoms with van der Waals surface area (Å²) in [5.41, 5.74) is 1.30. The summed E-state index contributed by atoms with van der Waals surface area (Å²) in [6.07, 6.45) is 0. The quantitative estimate of drug-likeness (QED) is 0.767. The number of hydrogen-bond donors (Lipinski definition) is 0. The molecule has 2 aromatic rings. The molecule has 0 atom stereocenters. The van der Waals surface area contributed by atoms with Gasteiger partial charge in [0.25, 0.3) is 0 Å². The van der Waals surface area contributed by atoms with E-state index in [1.807, 2.05) is 6.07 Å². The molecular formula is C13H10Cl3NO2. The minimum Gasteiger partial charge on any atom is -0.493 e. The van der Waals surface area contributed by atoms with Crippen molar-refractivity contribution in [3.8, 4) is 22.8 Å². The van der Waals surface area contributed by atoms with Gasteiger partial charge in [0.2, 0.25) is 0 Å². The highest BCUT2D eigenvalue weighted by molar-refractivity contribution is 6.42. The van der Waals surface area contributed by atoms with Gasteiger partial charge in [0.05, 0.1) is 30.0 Å². The first-order valence-electron chi connectivity index (χ1n) is 5.30. The first-order chi connectivity index (χ1) is 9.06. The third-order valence-corrected chi connectivity index (χ3v) is 3.50. The van der Waals surface area contributed by atoms with Crippen LogP contribution >= 0.6 is 34.8 Å². The Hall–Kier alpha value is -1.16. The summed E-state index contributed by atoms with van der Waals surface area (Å²) < 4.78 is 10.4. The predicted molar refractivity (Wildman–Crippen MR) is 77.8 cm³/mol. The molecule has 0 N–H and O–H groups in total. The van der Waals surface area contributed by atoms with Gasteiger partial charge in [-0.1, -0.05) is 34.8 Å². The molecule has 0 aliphatic carbocycles. The summed E-state index contributed by atoms with van der Waals surface area (Å²) in [5, 5.41) is 0.938. The number of benzene rings is 1. The van der Waals surface area contributed by atoms with Crippen molar-refractivity contribution in [2.75, 3.05) is 14.2 Å². The van der Waals surface area contributed by atoms with E-state index in [-0.39, 0.29) is 5.15 Å². The van der Waals surface area contributed by atoms with Crippen LogP contribution in [-0.2, 0) is 0 Å². The third kappa shape index (κ3) is 2.89. The molecule has 1 aromatic heterocycles. The minimum atomic E-state index is 0.204. The summed E-state index contributed by atoms with van der Waals surface area (Å²) in [4.78, 5) is 4.18. The fourth-order valence-electron chi connectivity index (χ4n) is 1.63. The zero-order valence-corrected chi connectivity index (χ0v) is 12.5. The molecule has 0 saturated heterocycles. The summed E-state index contributed by atoms with van der Waals surface area (Å²) in [6.45, 7) is 0. The predicted octanol–water partition coefficient (Wildman–Crippen LogP) is 4.73. The zero-order chi connectivity index (χ0) is 14.0. The normalized spacial score (nSPS) is 10.4. The van der Waals surface area contributed by atoms with E-state index >= 15 is 0 Å². The highest BCUT2D eigenvalue weighted by Gasteiger charge is 2.12. The van der Waals surface area contributed by atoms with E-state index in [4.69, 9.17) is 44.3 Å². The average molecular weight is 319 g/mol. The molecule has 0 radical (unpaired) electrons. The third-order valence-electron chi connectivity index (χ3n) is 2.54. The number of ether oxygens (including phenoxy) is 2. The van der Waals surface area contributed by atoms with Gasteiger partial charge in [-0.25, -0.2) is 4.98 Å². The maximum Gasteiger partial charge on any atom is 0.161 e. The van der Waals surface area contributed by atoms with Crippen LogP contribution in [0.2, 0.25) is 15.2 Å². The van der Waals surface area contributed by atoms with E-state index in [1.165, 1.54) is 0 Å². The van der Waals surface area contributed by atoms with Crippen LogP contribution in [0, 0.1) is 0 Å². The SMILES string of the molecule is COc1ccc(-c2nc(Cl)c(Cl)cc2Cl)cc1OC. The highest BCUT2D eigenvalue weighted by Crippen LogP contribution is 2.36. The Labute approximate surface area is 126 Å². The van der Waals surface area contributed by atoms with Gasteiger partial charge in [0.1, 0.15) is 5.15 Å². The molecule has 0 aliphatic heterocycles. The van der Waals surface area contributed by atoms with E-state index in [9.17, 15) is 0 Å². The van der Waals surface area contributed by atoms with Crippen LogP contribution in [0.3, 0.4) is 0 Å². The fourth-order valence-corrected chi connectivity index (χ4v) is 2.24. The number of methoxy groups -OCH3 is 2. The Morgan fingerprint density at radius 2 is 1.58 bits per heavy atom. The number of pyridine rings is 1. The van der Waals surface area contributed by atoms with E-state index in [0.717, 1.165) is 5.56 Å². The Morgan fingerprint density at radius 3 is 2.21 bits per heavy atom. The molecule has 19 heavy (non-hydrogen) atoms. The van der Waals surface area contributed by atoms with Crippen LogP contribution in [0.15, 0.2) is 24.3 Å². The summed E-state index contributed by atoms with van der Waals surface area (Å²) in [5.74, 6) is 1.21. The Balaban J connectivity index is 2.56. The number of halogens is 3. The topological polar surface area (TPSA) is 31.4 Å². The zero-order valence-electron chi connectivity index (χ0n) is 10.2. The smallest absolute Gasteiger partial charge is 0.161 e. The van der Waals surface area contributed by atoms with Crippen molar-refractivity contribution in [2.45, 2.75) is 0 Å². The lowest BCUT2D eigenvalue weighted by atomic mass is 10.1. The van der Waals surface area contributed by atoms with Crippen molar-refractivity contribution < 1.29 is 9.47 Å². The Bertz CT molecular complexity index is 617. The molecule has 0 unspecified atom stereocenters. The molecule has 0 fully saturated rings. The summed E-state index contributed by atoms with van der Waals surface area (Å²) in [6, 6.07) is 6.93. The molecular weight excluding hydrogens is 309 g/mol. The van der Waals surface area contributed by atoms with Gasteiger partial charge < -0.3 is 9.47 Å². The summed E-state index contributed by atoms with van der Waals surface area (Å²) in [7, 11) is 3.13. The Morgan fingerprint density at radius 1 is 0.895 bits per heavy atom. The molecule has 1 aromatic carbocycles. The van der Waals surface area contributed by atoms with Gasteiger partial charge in [0.15, 0.2) is 11.5 Å². The monoisotopic (exact) mass is 317 g/mol. The standard InChI is InChI=1S/C13H10Cl3NO2/c1-18-10-4-3-7(5-11(10)19-2)12-8(14)6-9(15)13(16)17-12/h3-6H,1-2H3. The number of rotatable bonds is 3. The van der Waals surface area contributed by atoms with Crippen molar-refractivity contribution in [3.63, 3.8) is 0 Å². The fraction of sp³-hybridized carbons (Fsp3) is 0.154. The molecule has 6 heteroatoms. The molecule has 0 spiro atoms. The van der Waals surface area contributed by atoms with Crippen molar-refractivity contribution in [1.82, 2.24) is 4.98 Å². The van der Waals surface area contributed by atoms with Crippen LogP contribution in [0.1, 0.15) is 0 Å². The Kier molecular flexibility index (Phi) is 4.40. The van der Waals surface area contributed by atoms with Crippen molar-refractivity contribution >= 4 is 34.8 Å². The first kappa shape index (κ1) is 14.3. The second kappa shape index (κ2) is 5.87. The van der Waals surface area contributed by atoms with Gasteiger partial charge in [-0.3, -0.25) is 0 Å². The second-order valence-corrected chi connectivity index (χ2v) is 4.83. The van der Waals surface area contributed by atoms with Crippen LogP contribution < -0.4 is 9.47 Å². The maximum absolute atomic E-state index is 6.13. The van der Waals surface area contributed by atoms with Crippen molar-refractivity contribution in [3.05, 3.63) is 39.5 Å². The van der Waals surface area contributed by atoms with E-state index in [1.54, 1.807) is 32.4 Å². The van der Waals surface area contributed by atoms with Crippen molar-refractivity contribution in [1.29, 1.82) is 0 Å². The molecule has 0 aliphatic rings. The number of hydrogen-bond acceptors (Lipinski definition) is 3. The molecule has 2 rings (SSSR count). The van der Waals surface area contributed by atoms with Gasteiger partial charge in [-0.15, -0.1) is 0 Å². The molecule has 0 saturated carbocycles. The number of aromatic nitrogens is 1. The van der Waals surface area contributed by atoms with Gasteiger partial charge in [-0.05, 0) is 24.3 Å². The highest BCUT2D eigenvalue weighted by atomic mass is 35.5.